The van der Waals surface area contributed by atoms with Gasteiger partial charge < -0.3 is 0 Å². The van der Waals surface area contributed by atoms with Gasteiger partial charge in [-0.2, -0.15) is 18.3 Å². The normalized spacial score (nSPS) is 12.2. The Morgan fingerprint density at radius 3 is 2.44 bits per heavy atom. The average molecular weight is 489 g/mol. The number of sulfonamides is 1. The molecule has 0 bridgehead atoms. The van der Waals surface area contributed by atoms with Crippen molar-refractivity contribution in [2.45, 2.75) is 31.0 Å². The van der Waals surface area contributed by atoms with Crippen molar-refractivity contribution in [2.24, 2.45) is 0 Å². The highest BCUT2D eigenvalue weighted by Gasteiger charge is 2.33. The molecular weight excluding hydrogens is 473 g/mol. The summed E-state index contributed by atoms with van der Waals surface area (Å²) in [5.41, 5.74) is 0.0156. The summed E-state index contributed by atoms with van der Waals surface area (Å²) in [4.78, 5) is 26.0. The molecule has 2 N–H and O–H groups in total. The number of rotatable bonds is 6. The van der Waals surface area contributed by atoms with Gasteiger partial charge in [-0.05, 0) is 30.7 Å². The first-order valence-electron chi connectivity index (χ1n) is 9.14. The fourth-order valence-corrected chi connectivity index (χ4v) is 4.25. The van der Waals surface area contributed by atoms with Gasteiger partial charge in [-0.25, -0.2) is 13.1 Å². The molecule has 0 aliphatic heterocycles. The van der Waals surface area contributed by atoms with E-state index in [1.165, 1.54) is 12.1 Å². The lowest BCUT2D eigenvalue weighted by Gasteiger charge is -2.13. The number of hydrogen-bond acceptors (Lipinski definition) is 5. The Kier molecular flexibility index (Phi) is 6.58. The van der Waals surface area contributed by atoms with E-state index in [2.05, 4.69) is 5.10 Å². The first-order chi connectivity index (χ1) is 15.0. The average Bonchev–Trinajstić information content (AvgIpc) is 2.73. The van der Waals surface area contributed by atoms with E-state index in [-0.39, 0.29) is 23.0 Å². The molecule has 3 rings (SSSR count). The lowest BCUT2D eigenvalue weighted by atomic mass is 10.1. The van der Waals surface area contributed by atoms with Gasteiger partial charge in [-0.15, -0.1) is 4.83 Å². The summed E-state index contributed by atoms with van der Waals surface area (Å²) in [6, 6.07) is 7.90. The highest BCUT2D eigenvalue weighted by Crippen LogP contribution is 2.33. The molecule has 1 amide bonds. The van der Waals surface area contributed by atoms with Gasteiger partial charge in [-0.3, -0.25) is 15.0 Å². The van der Waals surface area contributed by atoms with Gasteiger partial charge in [0, 0.05) is 11.9 Å². The van der Waals surface area contributed by atoms with Crippen molar-refractivity contribution in [1.29, 1.82) is 0 Å². The van der Waals surface area contributed by atoms with Crippen molar-refractivity contribution in [3.63, 3.8) is 0 Å². The second kappa shape index (κ2) is 8.88. The Labute approximate surface area is 185 Å². The van der Waals surface area contributed by atoms with Gasteiger partial charge >= 0.3 is 6.18 Å². The molecule has 0 radical (unpaired) electrons. The maximum Gasteiger partial charge on any atom is 0.416 e. The third kappa shape index (κ3) is 4.76. The highest BCUT2D eigenvalue weighted by atomic mass is 35.5. The van der Waals surface area contributed by atoms with E-state index in [0.29, 0.717) is 18.6 Å². The molecule has 0 aliphatic rings. The predicted molar refractivity (Wildman–Crippen MR) is 111 cm³/mol. The second-order valence-electron chi connectivity index (χ2n) is 6.63. The molecule has 32 heavy (non-hydrogen) atoms. The Balaban J connectivity index is 1.95. The zero-order chi connectivity index (χ0) is 23.7. The Morgan fingerprint density at radius 2 is 1.81 bits per heavy atom. The molecule has 13 heteroatoms. The number of carbonyl (C=O) groups excluding carboxylic acids is 1. The van der Waals surface area contributed by atoms with E-state index in [4.69, 9.17) is 11.6 Å². The van der Waals surface area contributed by atoms with E-state index in [1.54, 1.807) is 23.9 Å². The zero-order valence-corrected chi connectivity index (χ0v) is 18.0. The van der Waals surface area contributed by atoms with Crippen molar-refractivity contribution < 1.29 is 26.4 Å². The van der Waals surface area contributed by atoms with Crippen LogP contribution in [0.4, 0.5) is 13.2 Å². The molecule has 3 aromatic rings. The fraction of sp³-hybridized carbons (Fsp3) is 0.211. The van der Waals surface area contributed by atoms with Crippen LogP contribution in [0.25, 0.3) is 10.8 Å². The quantitative estimate of drug-likeness (QED) is 0.518. The van der Waals surface area contributed by atoms with Crippen LogP contribution in [0, 0.1) is 0 Å². The molecule has 1 heterocycles. The summed E-state index contributed by atoms with van der Waals surface area (Å²) in [5, 5.41) is 3.92. The number of fused-ring (bicyclic) bond motifs is 1. The SMILES string of the molecule is CCCn1nc(C(=O)NNS(=O)(=O)c2cc(C(F)(F)F)ccc2Cl)c2ccccc2c1=O. The third-order valence-corrected chi connectivity index (χ3v) is 6.09. The summed E-state index contributed by atoms with van der Waals surface area (Å²) in [6.07, 6.45) is -4.25. The first kappa shape index (κ1) is 23.7. The summed E-state index contributed by atoms with van der Waals surface area (Å²) in [7, 11) is -4.67. The van der Waals surface area contributed by atoms with Gasteiger partial charge in [-0.1, -0.05) is 36.7 Å². The van der Waals surface area contributed by atoms with E-state index >= 15 is 0 Å². The molecule has 0 saturated heterocycles. The monoisotopic (exact) mass is 488 g/mol. The van der Waals surface area contributed by atoms with Gasteiger partial charge in [0.05, 0.1) is 16.0 Å². The van der Waals surface area contributed by atoms with Crippen LogP contribution in [0.3, 0.4) is 0 Å². The molecule has 170 valence electrons. The predicted octanol–water partition coefficient (Wildman–Crippen LogP) is 3.10. The summed E-state index contributed by atoms with van der Waals surface area (Å²) >= 11 is 5.76. The van der Waals surface area contributed by atoms with Crippen molar-refractivity contribution in [1.82, 2.24) is 20.0 Å². The molecule has 0 fully saturated rings. The lowest BCUT2D eigenvalue weighted by molar-refractivity contribution is -0.137. The first-order valence-corrected chi connectivity index (χ1v) is 11.0. The Bertz CT molecular complexity index is 1360. The van der Waals surface area contributed by atoms with E-state index in [1.807, 2.05) is 5.43 Å². The number of hydrazine groups is 1. The molecule has 1 aromatic heterocycles. The number of carbonyl (C=O) groups is 1. The second-order valence-corrected chi connectivity index (χ2v) is 8.68. The molecule has 0 atom stereocenters. The number of hydrogen-bond donors (Lipinski definition) is 2. The van der Waals surface area contributed by atoms with Crippen LogP contribution in [0.5, 0.6) is 0 Å². The van der Waals surface area contributed by atoms with Gasteiger partial charge in [0.15, 0.2) is 5.69 Å². The van der Waals surface area contributed by atoms with E-state index < -0.39 is 43.1 Å². The number of benzene rings is 2. The van der Waals surface area contributed by atoms with Crippen molar-refractivity contribution >= 4 is 38.3 Å². The fourth-order valence-electron chi connectivity index (χ4n) is 2.88. The van der Waals surface area contributed by atoms with Gasteiger partial charge in [0.2, 0.25) is 0 Å². The van der Waals surface area contributed by atoms with Crippen molar-refractivity contribution in [2.75, 3.05) is 0 Å². The standard InChI is InChI=1S/C19H16ClF3N4O4S/c1-2-9-27-18(29)13-6-4-3-5-12(13)16(25-27)17(28)24-26-32(30,31)15-10-11(19(21,22)23)7-8-14(15)20/h3-8,10,26H,2,9H2,1H3,(H,24,28). The lowest BCUT2D eigenvalue weighted by Crippen LogP contribution is -2.42. The zero-order valence-electron chi connectivity index (χ0n) is 16.4. The highest BCUT2D eigenvalue weighted by molar-refractivity contribution is 7.89. The van der Waals surface area contributed by atoms with E-state index in [0.717, 1.165) is 10.7 Å². The number of alkyl halides is 3. The Morgan fingerprint density at radius 1 is 1.16 bits per heavy atom. The van der Waals surface area contributed by atoms with Gasteiger partial charge in [0.25, 0.3) is 21.5 Å². The number of aromatic nitrogens is 2. The van der Waals surface area contributed by atoms with E-state index in [9.17, 15) is 31.2 Å². The van der Waals surface area contributed by atoms with Crippen LogP contribution in [-0.4, -0.2) is 24.1 Å². The van der Waals surface area contributed by atoms with Crippen LogP contribution >= 0.6 is 11.6 Å². The number of halogens is 4. The molecule has 0 saturated carbocycles. The summed E-state index contributed by atoms with van der Waals surface area (Å²) in [5.74, 6) is -1.02. The number of nitrogens with one attached hydrogen (secondary N) is 2. The van der Waals surface area contributed by atoms with Crippen LogP contribution < -0.4 is 15.8 Å². The summed E-state index contributed by atoms with van der Waals surface area (Å²) in [6.45, 7) is 2.02. The maximum atomic E-state index is 12.9. The molecular formula is C19H16ClF3N4O4S. The summed E-state index contributed by atoms with van der Waals surface area (Å²) < 4.78 is 64.9. The molecule has 2 aromatic carbocycles. The van der Waals surface area contributed by atoms with Crippen molar-refractivity contribution in [3.05, 3.63) is 69.1 Å². The van der Waals surface area contributed by atoms with Crippen molar-refractivity contribution in [3.8, 4) is 0 Å². The molecule has 0 unspecified atom stereocenters. The van der Waals surface area contributed by atoms with Gasteiger partial charge in [0.1, 0.15) is 4.90 Å². The topological polar surface area (TPSA) is 110 Å². The number of aryl methyl sites for hydroxylation is 1. The smallest absolute Gasteiger partial charge is 0.272 e. The maximum absolute atomic E-state index is 12.9. The third-order valence-electron chi connectivity index (χ3n) is 4.37. The minimum absolute atomic E-state index is 0.179. The number of nitrogens with zero attached hydrogens (tertiary/aromatic N) is 2. The minimum atomic E-state index is -4.80. The molecule has 0 aliphatic carbocycles. The minimum Gasteiger partial charge on any atom is -0.272 e. The van der Waals surface area contributed by atoms with Crippen LogP contribution in [-0.2, 0) is 22.7 Å². The molecule has 8 nitrogen and oxygen atoms in total. The Hall–Kier alpha value is -2.96. The largest absolute Gasteiger partial charge is 0.416 e. The van der Waals surface area contributed by atoms with Crippen LogP contribution in [0.2, 0.25) is 5.02 Å². The van der Waals surface area contributed by atoms with Crippen LogP contribution in [0.1, 0.15) is 29.4 Å². The molecule has 0 spiro atoms. The number of amides is 1. The van der Waals surface area contributed by atoms with Crippen LogP contribution in [0.15, 0.2) is 52.2 Å².